The number of benzene rings is 1. The van der Waals surface area contributed by atoms with Crippen LogP contribution in [0.3, 0.4) is 0 Å². The van der Waals surface area contributed by atoms with E-state index in [9.17, 15) is 14.4 Å². The average molecular weight is 329 g/mol. The van der Waals surface area contributed by atoms with Gasteiger partial charge in [0.25, 0.3) is 5.91 Å². The molecule has 0 radical (unpaired) electrons. The lowest BCUT2D eigenvalue weighted by atomic mass is 9.76. The summed E-state index contributed by atoms with van der Waals surface area (Å²) in [5, 5.41) is 5.60. The zero-order valence-corrected chi connectivity index (χ0v) is 13.9. The molecule has 1 fully saturated rings. The van der Waals surface area contributed by atoms with Crippen LogP contribution in [-0.2, 0) is 21.5 Å². The number of carbonyl (C=O) groups excluding carboxylic acids is 3. The number of unbranched alkanes of at least 4 members (excludes halogenated alkanes) is 1. The van der Waals surface area contributed by atoms with Crippen molar-refractivity contribution in [2.75, 3.05) is 13.1 Å². The average Bonchev–Trinajstić information content (AvgIpc) is 2.81. The number of hydrogen-bond acceptors (Lipinski definition) is 3. The first-order chi connectivity index (χ1) is 11.6. The number of amides is 4. The van der Waals surface area contributed by atoms with Crippen molar-refractivity contribution < 1.29 is 14.4 Å². The van der Waals surface area contributed by atoms with Crippen molar-refractivity contribution >= 4 is 17.8 Å². The molecule has 0 saturated carbocycles. The van der Waals surface area contributed by atoms with Gasteiger partial charge < -0.3 is 10.6 Å². The molecule has 24 heavy (non-hydrogen) atoms. The second-order valence-corrected chi connectivity index (χ2v) is 6.44. The van der Waals surface area contributed by atoms with Crippen molar-refractivity contribution in [3.63, 3.8) is 0 Å². The first-order valence-electron chi connectivity index (χ1n) is 8.57. The summed E-state index contributed by atoms with van der Waals surface area (Å²) in [6, 6.07) is 7.24. The van der Waals surface area contributed by atoms with Crippen molar-refractivity contribution in [3.05, 3.63) is 35.4 Å². The van der Waals surface area contributed by atoms with Gasteiger partial charge in [-0.15, -0.1) is 0 Å². The van der Waals surface area contributed by atoms with Crippen LogP contribution in [0.1, 0.15) is 43.7 Å². The highest BCUT2D eigenvalue weighted by Crippen LogP contribution is 2.39. The quantitative estimate of drug-likeness (QED) is 0.637. The fourth-order valence-corrected chi connectivity index (χ4v) is 3.56. The molecule has 1 aromatic carbocycles. The van der Waals surface area contributed by atoms with Crippen molar-refractivity contribution in [1.29, 1.82) is 0 Å². The molecule has 0 unspecified atom stereocenters. The third kappa shape index (κ3) is 2.77. The number of nitrogens with one attached hydrogen (secondary N) is 2. The number of urea groups is 1. The Balaban J connectivity index is 1.79. The molecule has 1 heterocycles. The van der Waals surface area contributed by atoms with Gasteiger partial charge in [-0.3, -0.25) is 14.5 Å². The van der Waals surface area contributed by atoms with Crippen LogP contribution in [0.15, 0.2) is 24.3 Å². The lowest BCUT2D eigenvalue weighted by Gasteiger charge is -2.33. The van der Waals surface area contributed by atoms with Gasteiger partial charge in [-0.05, 0) is 36.8 Å². The molecule has 4 amide bonds. The molecular weight excluding hydrogens is 306 g/mol. The Labute approximate surface area is 141 Å². The monoisotopic (exact) mass is 329 g/mol. The minimum atomic E-state index is -1.00. The van der Waals surface area contributed by atoms with Gasteiger partial charge in [0, 0.05) is 6.54 Å². The van der Waals surface area contributed by atoms with E-state index >= 15 is 0 Å². The van der Waals surface area contributed by atoms with E-state index in [2.05, 4.69) is 10.6 Å². The molecular formula is C18H23N3O3. The van der Waals surface area contributed by atoms with E-state index < -0.39 is 11.6 Å². The van der Waals surface area contributed by atoms with Crippen molar-refractivity contribution in [1.82, 2.24) is 15.5 Å². The lowest BCUT2D eigenvalue weighted by molar-refractivity contribution is -0.135. The SMILES string of the molecule is CCCCNC(=O)CN1C(=O)N[C@@]2(CCCc3ccccc32)C1=O. The number of fused-ring (bicyclic) bond motifs is 2. The molecule has 128 valence electrons. The van der Waals surface area contributed by atoms with Crippen molar-refractivity contribution in [2.45, 2.75) is 44.6 Å². The van der Waals surface area contributed by atoms with Gasteiger partial charge >= 0.3 is 6.03 Å². The molecule has 1 saturated heterocycles. The minimum absolute atomic E-state index is 0.224. The zero-order valence-electron chi connectivity index (χ0n) is 13.9. The molecule has 0 aromatic heterocycles. The largest absolute Gasteiger partial charge is 0.355 e. The number of carbonyl (C=O) groups is 3. The van der Waals surface area contributed by atoms with Crippen LogP contribution in [0.25, 0.3) is 0 Å². The van der Waals surface area contributed by atoms with Crippen LogP contribution < -0.4 is 10.6 Å². The minimum Gasteiger partial charge on any atom is -0.355 e. The maximum absolute atomic E-state index is 13.0. The van der Waals surface area contributed by atoms with Gasteiger partial charge in [0.05, 0.1) is 0 Å². The van der Waals surface area contributed by atoms with Gasteiger partial charge in [-0.2, -0.15) is 0 Å². The molecule has 6 heteroatoms. The molecule has 0 bridgehead atoms. The standard InChI is InChI=1S/C18H23N3O3/c1-2-3-11-19-15(22)12-21-16(23)18(20-17(21)24)10-6-8-13-7-4-5-9-14(13)18/h4-5,7,9H,2-3,6,8,10-12H2,1H3,(H,19,22)(H,20,24)/t18-/m1/s1. The molecule has 3 rings (SSSR count). The molecule has 1 spiro atoms. The molecule has 1 aromatic rings. The Morgan fingerprint density at radius 1 is 1.33 bits per heavy atom. The van der Waals surface area contributed by atoms with E-state index in [-0.39, 0.29) is 18.4 Å². The highest BCUT2D eigenvalue weighted by Gasteiger charge is 2.54. The van der Waals surface area contributed by atoms with E-state index in [1.165, 1.54) is 0 Å². The van der Waals surface area contributed by atoms with Gasteiger partial charge in [0.1, 0.15) is 12.1 Å². The fraction of sp³-hybridized carbons (Fsp3) is 0.500. The molecule has 1 aliphatic heterocycles. The second kappa shape index (κ2) is 6.63. The van der Waals surface area contributed by atoms with Gasteiger partial charge in [-0.1, -0.05) is 37.6 Å². The molecule has 2 N–H and O–H groups in total. The predicted octanol–water partition coefficient (Wildman–Crippen LogP) is 1.69. The highest BCUT2D eigenvalue weighted by molar-refractivity contribution is 6.09. The molecule has 6 nitrogen and oxygen atoms in total. The topological polar surface area (TPSA) is 78.5 Å². The Bertz CT molecular complexity index is 673. The summed E-state index contributed by atoms with van der Waals surface area (Å²) in [5.41, 5.74) is 0.949. The third-order valence-electron chi connectivity index (χ3n) is 4.80. The van der Waals surface area contributed by atoms with E-state index in [1.807, 2.05) is 31.2 Å². The van der Waals surface area contributed by atoms with Crippen molar-refractivity contribution in [3.8, 4) is 0 Å². The Morgan fingerprint density at radius 3 is 2.92 bits per heavy atom. The maximum Gasteiger partial charge on any atom is 0.325 e. The number of rotatable bonds is 5. The second-order valence-electron chi connectivity index (χ2n) is 6.44. The Morgan fingerprint density at radius 2 is 2.12 bits per heavy atom. The van der Waals surface area contributed by atoms with Crippen molar-refractivity contribution in [2.24, 2.45) is 0 Å². The highest BCUT2D eigenvalue weighted by atomic mass is 16.2. The van der Waals surface area contributed by atoms with Crippen LogP contribution in [-0.4, -0.2) is 35.8 Å². The number of nitrogens with zero attached hydrogens (tertiary/aromatic N) is 1. The van der Waals surface area contributed by atoms with Crippen LogP contribution in [0, 0.1) is 0 Å². The van der Waals surface area contributed by atoms with Crippen LogP contribution in [0.4, 0.5) is 4.79 Å². The first-order valence-corrected chi connectivity index (χ1v) is 8.57. The number of aryl methyl sites for hydroxylation is 1. The van der Waals surface area contributed by atoms with Crippen LogP contribution in [0.5, 0.6) is 0 Å². The van der Waals surface area contributed by atoms with Crippen LogP contribution in [0.2, 0.25) is 0 Å². The van der Waals surface area contributed by atoms with E-state index in [4.69, 9.17) is 0 Å². The molecule has 1 aliphatic carbocycles. The third-order valence-corrected chi connectivity index (χ3v) is 4.80. The lowest BCUT2D eigenvalue weighted by Crippen LogP contribution is -2.47. The molecule has 1 atom stereocenters. The summed E-state index contributed by atoms with van der Waals surface area (Å²) in [6.07, 6.45) is 4.16. The summed E-state index contributed by atoms with van der Waals surface area (Å²) in [4.78, 5) is 38.4. The van der Waals surface area contributed by atoms with Gasteiger partial charge in [0.2, 0.25) is 5.91 Å². The predicted molar refractivity (Wildman–Crippen MR) is 89.2 cm³/mol. The fourth-order valence-electron chi connectivity index (χ4n) is 3.56. The van der Waals surface area contributed by atoms with E-state index in [0.717, 1.165) is 41.7 Å². The Hall–Kier alpha value is -2.37. The van der Waals surface area contributed by atoms with Crippen LogP contribution >= 0.6 is 0 Å². The molecule has 2 aliphatic rings. The van der Waals surface area contributed by atoms with E-state index in [0.29, 0.717) is 13.0 Å². The van der Waals surface area contributed by atoms with Gasteiger partial charge in [0.15, 0.2) is 0 Å². The maximum atomic E-state index is 13.0. The summed E-state index contributed by atoms with van der Waals surface area (Å²) in [6.45, 7) is 2.37. The summed E-state index contributed by atoms with van der Waals surface area (Å²) in [7, 11) is 0. The summed E-state index contributed by atoms with van der Waals surface area (Å²) >= 11 is 0. The number of hydrogen-bond donors (Lipinski definition) is 2. The number of imide groups is 1. The Kier molecular flexibility index (Phi) is 4.55. The normalized spacial score (nSPS) is 22.5. The summed E-state index contributed by atoms with van der Waals surface area (Å²) < 4.78 is 0. The summed E-state index contributed by atoms with van der Waals surface area (Å²) in [5.74, 6) is -0.613. The van der Waals surface area contributed by atoms with Gasteiger partial charge in [-0.25, -0.2) is 4.79 Å². The zero-order chi connectivity index (χ0) is 17.2. The smallest absolute Gasteiger partial charge is 0.325 e. The van der Waals surface area contributed by atoms with E-state index in [1.54, 1.807) is 0 Å². The first kappa shape index (κ1) is 16.5.